The highest BCUT2D eigenvalue weighted by molar-refractivity contribution is 6.06. The van der Waals surface area contributed by atoms with Crippen LogP contribution in [0.1, 0.15) is 159 Å². The van der Waals surface area contributed by atoms with Gasteiger partial charge in [-0.1, -0.05) is 32.1 Å². The quantitative estimate of drug-likeness (QED) is 0.129. The Labute approximate surface area is 431 Å². The van der Waals surface area contributed by atoms with E-state index in [4.69, 9.17) is 47.4 Å². The standard InChI is InChI=1S/C55H80N4O14/c1-54(2,3)72-52(62)58-40-34-36(64-7)22-24-38(40)48(60)56-28-26-42(46(56)50(58)70-44-20-14-18-32-68-44)66-30-16-12-10-9-11-13-17-31-67-43-27-29-57-47(43)51(71-45-21-15-19-33-69-45)59(53(63)73-55(4,5)6)41-35-37(65-8)23-25-39(41)49(57)61/h22-25,34-35,42-47,50-51H,9-21,26-33H2,1-8H3/t42?,43?,44?,45?,46-,47-,50-,51-/m0/s1. The van der Waals surface area contributed by atoms with Gasteiger partial charge in [-0.2, -0.15) is 0 Å². The maximum Gasteiger partial charge on any atom is 0.417 e. The molecule has 4 amide bonds. The number of nitrogens with zero attached hydrogens (tertiary/aromatic N) is 4. The molecular formula is C55H80N4O14. The van der Waals surface area contributed by atoms with Crippen molar-refractivity contribution in [1.29, 1.82) is 0 Å². The normalized spacial score (nSPS) is 26.4. The van der Waals surface area contributed by atoms with Gasteiger partial charge < -0.3 is 57.2 Å². The molecule has 0 radical (unpaired) electrons. The lowest BCUT2D eigenvalue weighted by molar-refractivity contribution is -0.202. The van der Waals surface area contributed by atoms with Gasteiger partial charge in [0, 0.05) is 51.6 Å². The summed E-state index contributed by atoms with van der Waals surface area (Å²) in [5.41, 5.74) is -0.161. The van der Waals surface area contributed by atoms with Crippen LogP contribution in [0.2, 0.25) is 0 Å². The lowest BCUT2D eigenvalue weighted by Gasteiger charge is -2.40. The van der Waals surface area contributed by atoms with Crippen molar-refractivity contribution in [2.75, 3.05) is 63.5 Å². The zero-order valence-corrected chi connectivity index (χ0v) is 44.4. The number of hydrogen-bond donors (Lipinski definition) is 0. The number of carbonyl (C=O) groups excluding carboxylic acids is 4. The van der Waals surface area contributed by atoms with Crippen molar-refractivity contribution in [3.8, 4) is 11.5 Å². The number of fused-ring (bicyclic) bond motifs is 4. The Morgan fingerprint density at radius 3 is 1.32 bits per heavy atom. The summed E-state index contributed by atoms with van der Waals surface area (Å²) in [5, 5.41) is 0. The summed E-state index contributed by atoms with van der Waals surface area (Å²) in [5.74, 6) is 0.595. The minimum Gasteiger partial charge on any atom is -0.497 e. The van der Waals surface area contributed by atoms with Gasteiger partial charge in [0.2, 0.25) is 0 Å². The van der Waals surface area contributed by atoms with E-state index in [2.05, 4.69) is 0 Å². The fraction of sp³-hybridized carbons (Fsp3) is 0.709. The maximum atomic E-state index is 14.4. The topological polar surface area (TPSA) is 174 Å². The molecule has 0 bridgehead atoms. The van der Waals surface area contributed by atoms with E-state index in [1.54, 1.807) is 60.4 Å². The van der Waals surface area contributed by atoms with Crippen LogP contribution in [0.3, 0.4) is 0 Å². The number of unbranched alkanes of at least 4 members (excludes halogenated alkanes) is 6. The van der Waals surface area contributed by atoms with Crippen LogP contribution in [-0.4, -0.2) is 148 Å². The average Bonchev–Trinajstić information content (AvgIpc) is 3.94. The van der Waals surface area contributed by atoms with Crippen LogP contribution >= 0.6 is 0 Å². The third-order valence-electron chi connectivity index (χ3n) is 14.3. The maximum absolute atomic E-state index is 14.4. The smallest absolute Gasteiger partial charge is 0.417 e. The first-order chi connectivity index (χ1) is 35.0. The Hall–Kier alpha value is -4.72. The molecule has 18 heteroatoms. The van der Waals surface area contributed by atoms with Crippen molar-refractivity contribution in [3.05, 3.63) is 47.5 Å². The molecule has 8 atom stereocenters. The Balaban J connectivity index is 0.851. The molecular weight excluding hydrogens is 941 g/mol. The van der Waals surface area contributed by atoms with Gasteiger partial charge in [-0.15, -0.1) is 0 Å². The fourth-order valence-corrected chi connectivity index (χ4v) is 10.8. The third-order valence-corrected chi connectivity index (χ3v) is 14.3. The second-order valence-electron chi connectivity index (χ2n) is 22.0. The summed E-state index contributed by atoms with van der Waals surface area (Å²) in [4.78, 5) is 63.8. The van der Waals surface area contributed by atoms with Gasteiger partial charge in [-0.05, 0) is 130 Å². The summed E-state index contributed by atoms with van der Waals surface area (Å²) < 4.78 is 62.0. The highest BCUT2D eigenvalue weighted by Gasteiger charge is 2.54. The van der Waals surface area contributed by atoms with Crippen LogP contribution in [-0.2, 0) is 37.9 Å². The first-order valence-corrected chi connectivity index (χ1v) is 26.8. The number of rotatable bonds is 18. The molecule has 6 aliphatic heterocycles. The number of anilines is 2. The van der Waals surface area contributed by atoms with Gasteiger partial charge >= 0.3 is 12.2 Å². The Morgan fingerprint density at radius 1 is 0.562 bits per heavy atom. The molecule has 0 aliphatic carbocycles. The first kappa shape index (κ1) is 54.5. The number of ether oxygens (including phenoxy) is 10. The SMILES string of the molecule is COc1ccc2c(c1)N(C(=O)OC(C)(C)C)[C@@H](OC1CCCCO1)[C@@H]1C(OCCCCCCCCCOC3CCN4C(=O)c5ccc(OC)cc5N(C(=O)OC(C)(C)C)[C@@H](OC5CCCCO5)[C@H]34)CCN1C2=O. The summed E-state index contributed by atoms with van der Waals surface area (Å²) in [7, 11) is 3.10. The molecule has 0 aromatic heterocycles. The molecule has 4 unspecified atom stereocenters. The molecule has 18 nitrogen and oxygen atoms in total. The summed E-state index contributed by atoms with van der Waals surface area (Å²) in [6.07, 6.45) is 7.98. The van der Waals surface area contributed by atoms with Gasteiger partial charge in [0.05, 0.1) is 48.9 Å². The second-order valence-corrected chi connectivity index (χ2v) is 22.0. The zero-order valence-electron chi connectivity index (χ0n) is 44.4. The number of methoxy groups -OCH3 is 2. The predicted octanol–water partition coefficient (Wildman–Crippen LogP) is 9.58. The van der Waals surface area contributed by atoms with Crippen molar-refractivity contribution in [3.63, 3.8) is 0 Å². The first-order valence-electron chi connectivity index (χ1n) is 26.8. The van der Waals surface area contributed by atoms with Gasteiger partial charge in [0.25, 0.3) is 11.8 Å². The molecule has 4 saturated heterocycles. The van der Waals surface area contributed by atoms with E-state index >= 15 is 0 Å². The number of benzene rings is 2. The molecule has 0 N–H and O–H groups in total. The largest absolute Gasteiger partial charge is 0.497 e. The van der Waals surface area contributed by atoms with Gasteiger partial charge in [-0.3, -0.25) is 9.59 Å². The van der Waals surface area contributed by atoms with Crippen molar-refractivity contribution in [2.45, 2.75) is 198 Å². The Kier molecular flexibility index (Phi) is 18.2. The van der Waals surface area contributed by atoms with Crippen LogP contribution in [0.4, 0.5) is 21.0 Å². The minimum absolute atomic E-state index is 0.201. The Morgan fingerprint density at radius 2 is 0.959 bits per heavy atom. The van der Waals surface area contributed by atoms with Crippen molar-refractivity contribution < 1.29 is 66.5 Å². The lowest BCUT2D eigenvalue weighted by Crippen LogP contribution is -2.58. The van der Waals surface area contributed by atoms with Crippen molar-refractivity contribution in [1.82, 2.24) is 9.80 Å². The number of hydrogen-bond acceptors (Lipinski definition) is 14. The lowest BCUT2D eigenvalue weighted by atomic mass is 10.1. The van der Waals surface area contributed by atoms with Crippen LogP contribution < -0.4 is 19.3 Å². The summed E-state index contributed by atoms with van der Waals surface area (Å²) >= 11 is 0. The van der Waals surface area contributed by atoms with Gasteiger partial charge in [0.1, 0.15) is 34.8 Å². The fourth-order valence-electron chi connectivity index (χ4n) is 10.8. The molecule has 6 aliphatic rings. The number of carbonyl (C=O) groups is 4. The summed E-state index contributed by atoms with van der Waals surface area (Å²) in [6.45, 7) is 13.9. The highest BCUT2D eigenvalue weighted by Crippen LogP contribution is 2.43. The average molecular weight is 1020 g/mol. The molecule has 0 spiro atoms. The monoisotopic (exact) mass is 1020 g/mol. The van der Waals surface area contributed by atoms with Gasteiger partial charge in [0.15, 0.2) is 25.0 Å². The highest BCUT2D eigenvalue weighted by atomic mass is 16.7. The van der Waals surface area contributed by atoms with E-state index in [-0.39, 0.29) is 24.0 Å². The van der Waals surface area contributed by atoms with Crippen LogP contribution in [0.5, 0.6) is 11.5 Å². The molecule has 2 aromatic rings. The van der Waals surface area contributed by atoms with Crippen molar-refractivity contribution in [2.24, 2.45) is 0 Å². The molecule has 2 aromatic carbocycles. The van der Waals surface area contributed by atoms with Gasteiger partial charge in [-0.25, -0.2) is 19.4 Å². The van der Waals surface area contributed by atoms with Crippen molar-refractivity contribution >= 4 is 35.4 Å². The second kappa shape index (κ2) is 24.3. The molecule has 4 fully saturated rings. The molecule has 8 rings (SSSR count). The van der Waals surface area contributed by atoms with E-state index in [9.17, 15) is 19.2 Å². The van der Waals surface area contributed by atoms with E-state index < -0.39 is 60.5 Å². The van der Waals surface area contributed by atoms with Crippen LogP contribution in [0, 0.1) is 0 Å². The van der Waals surface area contributed by atoms with Crippen LogP contribution in [0.15, 0.2) is 36.4 Å². The van der Waals surface area contributed by atoms with E-state index in [1.165, 1.54) is 9.80 Å². The molecule has 6 heterocycles. The number of amides is 4. The molecule has 73 heavy (non-hydrogen) atoms. The molecule has 404 valence electrons. The van der Waals surface area contributed by atoms with E-state index in [1.807, 2.05) is 41.5 Å². The summed E-state index contributed by atoms with van der Waals surface area (Å²) in [6, 6.07) is 9.06. The minimum atomic E-state index is -0.936. The third kappa shape index (κ3) is 13.2. The Bertz CT molecular complexity index is 2050. The van der Waals surface area contributed by atoms with Crippen LogP contribution in [0.25, 0.3) is 0 Å². The van der Waals surface area contributed by atoms with E-state index in [0.717, 1.165) is 70.6 Å². The predicted molar refractivity (Wildman–Crippen MR) is 271 cm³/mol. The zero-order chi connectivity index (χ0) is 51.9. The molecule has 0 saturated carbocycles. The van der Waals surface area contributed by atoms with E-state index in [0.29, 0.717) is 99.2 Å².